The molecule has 2 rings (SSSR count). The molecule has 0 saturated carbocycles. The van der Waals surface area contributed by atoms with Gasteiger partial charge in [-0.25, -0.2) is 4.98 Å². The number of hydrogen-bond acceptors (Lipinski definition) is 4. The molecule has 0 radical (unpaired) electrons. The third-order valence-corrected chi connectivity index (χ3v) is 5.25. The third-order valence-electron chi connectivity index (χ3n) is 3.88. The van der Waals surface area contributed by atoms with Crippen LogP contribution in [-0.2, 0) is 6.54 Å². The second-order valence-corrected chi connectivity index (χ2v) is 8.66. The fourth-order valence-corrected chi connectivity index (χ4v) is 3.66. The summed E-state index contributed by atoms with van der Waals surface area (Å²) < 4.78 is 0.389. The van der Waals surface area contributed by atoms with Crippen LogP contribution in [0.15, 0.2) is 12.1 Å². The van der Waals surface area contributed by atoms with E-state index < -0.39 is 0 Å². The van der Waals surface area contributed by atoms with Gasteiger partial charge in [0.05, 0.1) is 0 Å². The van der Waals surface area contributed by atoms with E-state index in [4.69, 9.17) is 4.98 Å². The first-order valence-electron chi connectivity index (χ1n) is 7.95. The predicted octanol–water partition coefficient (Wildman–Crippen LogP) is 3.61. The number of nitrogens with zero attached hydrogens (tertiary/aromatic N) is 2. The van der Waals surface area contributed by atoms with Gasteiger partial charge in [0, 0.05) is 41.9 Å². The van der Waals surface area contributed by atoms with E-state index >= 15 is 0 Å². The van der Waals surface area contributed by atoms with E-state index in [1.165, 1.54) is 17.7 Å². The Morgan fingerprint density at radius 2 is 2.10 bits per heavy atom. The van der Waals surface area contributed by atoms with Crippen molar-refractivity contribution in [3.05, 3.63) is 23.4 Å². The Hall–Kier alpha value is -0.740. The van der Waals surface area contributed by atoms with Crippen molar-refractivity contribution in [3.8, 4) is 0 Å². The van der Waals surface area contributed by atoms with Gasteiger partial charge in [0.25, 0.3) is 0 Å². The van der Waals surface area contributed by atoms with Crippen LogP contribution in [-0.4, -0.2) is 34.6 Å². The third kappa shape index (κ3) is 5.19. The topological polar surface area (TPSA) is 28.2 Å². The molecule has 1 saturated heterocycles. The summed E-state index contributed by atoms with van der Waals surface area (Å²) in [4.78, 5) is 7.21. The van der Waals surface area contributed by atoms with Crippen LogP contribution in [0.4, 0.5) is 5.82 Å². The molecule has 0 bridgehead atoms. The van der Waals surface area contributed by atoms with E-state index in [-0.39, 0.29) is 0 Å². The summed E-state index contributed by atoms with van der Waals surface area (Å²) in [6.45, 7) is 14.3. The van der Waals surface area contributed by atoms with Crippen molar-refractivity contribution in [2.24, 2.45) is 0 Å². The molecule has 0 spiro atoms. The van der Waals surface area contributed by atoms with Crippen LogP contribution in [0.1, 0.15) is 45.4 Å². The molecule has 4 heteroatoms. The highest BCUT2D eigenvalue weighted by Crippen LogP contribution is 2.32. The summed E-state index contributed by atoms with van der Waals surface area (Å²) >= 11 is 2.08. The summed E-state index contributed by atoms with van der Waals surface area (Å²) in [6, 6.07) is 4.96. The fraction of sp³-hybridized carbons (Fsp3) is 0.706. The van der Waals surface area contributed by atoms with Gasteiger partial charge in [-0.05, 0) is 31.0 Å². The van der Waals surface area contributed by atoms with Crippen molar-refractivity contribution in [3.63, 3.8) is 0 Å². The maximum Gasteiger partial charge on any atom is 0.129 e. The quantitative estimate of drug-likeness (QED) is 0.920. The molecule has 1 aromatic rings. The molecule has 0 aromatic carbocycles. The van der Waals surface area contributed by atoms with Gasteiger partial charge in [0.15, 0.2) is 0 Å². The van der Waals surface area contributed by atoms with Gasteiger partial charge in [-0.15, -0.1) is 0 Å². The monoisotopic (exact) mass is 307 g/mol. The number of thioether (sulfide) groups is 1. The predicted molar refractivity (Wildman–Crippen MR) is 94.3 cm³/mol. The van der Waals surface area contributed by atoms with Gasteiger partial charge in [-0.2, -0.15) is 11.8 Å². The first-order valence-corrected chi connectivity index (χ1v) is 8.94. The first-order chi connectivity index (χ1) is 9.85. The summed E-state index contributed by atoms with van der Waals surface area (Å²) in [6.07, 6.45) is 1.22. The van der Waals surface area contributed by atoms with E-state index in [0.717, 1.165) is 31.1 Å². The molecule has 0 amide bonds. The Kier molecular flexibility index (Phi) is 5.55. The van der Waals surface area contributed by atoms with Crippen LogP contribution in [0.3, 0.4) is 0 Å². The SMILES string of the molecule is Cc1cc(CNC(C)C)cc(N2CCSC(C)(C)CC2)n1. The van der Waals surface area contributed by atoms with Gasteiger partial charge in [-0.3, -0.25) is 0 Å². The molecule has 0 atom stereocenters. The van der Waals surface area contributed by atoms with Crippen LogP contribution in [0, 0.1) is 6.92 Å². The summed E-state index contributed by atoms with van der Waals surface area (Å²) in [5.41, 5.74) is 2.45. The highest BCUT2D eigenvalue weighted by atomic mass is 32.2. The summed E-state index contributed by atoms with van der Waals surface area (Å²) in [7, 11) is 0. The van der Waals surface area contributed by atoms with E-state index in [2.05, 4.69) is 68.7 Å². The Morgan fingerprint density at radius 1 is 1.33 bits per heavy atom. The maximum atomic E-state index is 4.76. The second-order valence-electron chi connectivity index (χ2n) is 6.86. The van der Waals surface area contributed by atoms with Crippen molar-refractivity contribution in [1.29, 1.82) is 0 Å². The minimum Gasteiger partial charge on any atom is -0.356 e. The van der Waals surface area contributed by atoms with E-state index in [1.807, 2.05) is 0 Å². The second kappa shape index (κ2) is 7.01. The number of pyridine rings is 1. The van der Waals surface area contributed by atoms with Crippen molar-refractivity contribution >= 4 is 17.6 Å². The molecule has 2 heterocycles. The van der Waals surface area contributed by atoms with Crippen LogP contribution in [0.2, 0.25) is 0 Å². The van der Waals surface area contributed by atoms with Crippen LogP contribution in [0.5, 0.6) is 0 Å². The molecule has 0 unspecified atom stereocenters. The molecule has 3 nitrogen and oxygen atoms in total. The molecule has 1 aliphatic rings. The van der Waals surface area contributed by atoms with Gasteiger partial charge in [0.2, 0.25) is 0 Å². The highest BCUT2D eigenvalue weighted by Gasteiger charge is 2.24. The number of hydrogen-bond donors (Lipinski definition) is 1. The average molecular weight is 308 g/mol. The standard InChI is InChI=1S/C17H29N3S/c1-13(2)18-12-15-10-14(3)19-16(11-15)20-7-6-17(4,5)21-9-8-20/h10-11,13,18H,6-9,12H2,1-5H3. The van der Waals surface area contributed by atoms with Gasteiger partial charge < -0.3 is 10.2 Å². The Balaban J connectivity index is 2.11. The van der Waals surface area contributed by atoms with Crippen molar-refractivity contribution < 1.29 is 0 Å². The smallest absolute Gasteiger partial charge is 0.129 e. The van der Waals surface area contributed by atoms with E-state index in [1.54, 1.807) is 0 Å². The van der Waals surface area contributed by atoms with E-state index in [0.29, 0.717) is 10.8 Å². The number of anilines is 1. The zero-order valence-electron chi connectivity index (χ0n) is 14.1. The molecule has 1 aromatic heterocycles. The van der Waals surface area contributed by atoms with Crippen LogP contribution in [0.25, 0.3) is 0 Å². The molecular formula is C17H29N3S. The normalized spacial score (nSPS) is 18.9. The Morgan fingerprint density at radius 3 is 2.81 bits per heavy atom. The minimum atomic E-state index is 0.389. The summed E-state index contributed by atoms with van der Waals surface area (Å²) in [5, 5.41) is 3.49. The van der Waals surface area contributed by atoms with Crippen LogP contribution < -0.4 is 10.2 Å². The maximum absolute atomic E-state index is 4.76. The van der Waals surface area contributed by atoms with Gasteiger partial charge in [-0.1, -0.05) is 27.7 Å². The zero-order valence-corrected chi connectivity index (χ0v) is 14.9. The number of nitrogens with one attached hydrogen (secondary N) is 1. The lowest BCUT2D eigenvalue weighted by Gasteiger charge is -2.24. The average Bonchev–Trinajstić information content (AvgIpc) is 2.57. The first kappa shape index (κ1) is 16.6. The number of aromatic nitrogens is 1. The van der Waals surface area contributed by atoms with E-state index in [9.17, 15) is 0 Å². The summed E-state index contributed by atoms with van der Waals surface area (Å²) in [5.74, 6) is 2.33. The fourth-order valence-electron chi connectivity index (χ4n) is 2.56. The molecule has 1 N–H and O–H groups in total. The van der Waals surface area contributed by atoms with Crippen molar-refractivity contribution in [2.75, 3.05) is 23.7 Å². The van der Waals surface area contributed by atoms with Gasteiger partial charge in [0.1, 0.15) is 5.82 Å². The lowest BCUT2D eigenvalue weighted by molar-refractivity contribution is 0.587. The molecule has 1 aliphatic heterocycles. The number of rotatable bonds is 4. The molecule has 1 fully saturated rings. The highest BCUT2D eigenvalue weighted by molar-refractivity contribution is 8.00. The minimum absolute atomic E-state index is 0.389. The lowest BCUT2D eigenvalue weighted by atomic mass is 10.1. The van der Waals surface area contributed by atoms with Crippen molar-refractivity contribution in [2.45, 2.75) is 58.4 Å². The van der Waals surface area contributed by atoms with Crippen LogP contribution >= 0.6 is 11.8 Å². The van der Waals surface area contributed by atoms with Gasteiger partial charge >= 0.3 is 0 Å². The molecule has 118 valence electrons. The molecular weight excluding hydrogens is 278 g/mol. The lowest BCUT2D eigenvalue weighted by Crippen LogP contribution is -2.28. The molecule has 0 aliphatic carbocycles. The Bertz CT molecular complexity index is 471. The molecule has 21 heavy (non-hydrogen) atoms. The Labute approximate surface area is 133 Å². The zero-order chi connectivity index (χ0) is 15.5. The van der Waals surface area contributed by atoms with Crippen molar-refractivity contribution in [1.82, 2.24) is 10.3 Å². The largest absolute Gasteiger partial charge is 0.356 e. The number of aryl methyl sites for hydroxylation is 1.